The van der Waals surface area contributed by atoms with Crippen molar-refractivity contribution in [3.63, 3.8) is 0 Å². The average molecular weight is 578 g/mol. The number of aliphatic carboxylic acids is 1. The van der Waals surface area contributed by atoms with Gasteiger partial charge in [0.1, 0.15) is 18.4 Å². The highest BCUT2D eigenvalue weighted by Crippen LogP contribution is 2.37. The average Bonchev–Trinajstić information content (AvgIpc) is 3.32. The van der Waals surface area contributed by atoms with Crippen LogP contribution in [0.1, 0.15) is 49.2 Å². The van der Waals surface area contributed by atoms with Gasteiger partial charge in [-0.1, -0.05) is 17.9 Å². The van der Waals surface area contributed by atoms with Crippen LogP contribution in [-0.4, -0.2) is 72.3 Å². The molecule has 0 saturated heterocycles. The number of carboxylic acid groups (broad SMARTS) is 1. The summed E-state index contributed by atoms with van der Waals surface area (Å²) in [6.45, 7) is 7.82. The van der Waals surface area contributed by atoms with Gasteiger partial charge >= 0.3 is 5.97 Å². The second-order valence-corrected chi connectivity index (χ2v) is 11.4. The van der Waals surface area contributed by atoms with E-state index >= 15 is 0 Å². The lowest BCUT2D eigenvalue weighted by Crippen LogP contribution is -2.52. The molecule has 2 aromatic rings. The number of nitrogens with zero attached hydrogens (tertiary/aromatic N) is 2. The van der Waals surface area contributed by atoms with Crippen molar-refractivity contribution >= 4 is 39.1 Å². The number of fused-ring (bicyclic) bond motifs is 1. The zero-order valence-electron chi connectivity index (χ0n) is 21.2. The molecule has 1 aliphatic heterocycles. The molecule has 9 heteroatoms. The van der Waals surface area contributed by atoms with Gasteiger partial charge in [0, 0.05) is 25.2 Å². The third-order valence-corrected chi connectivity index (χ3v) is 7.41. The van der Waals surface area contributed by atoms with Gasteiger partial charge in [-0.05, 0) is 84.2 Å². The minimum Gasteiger partial charge on any atom is -0.496 e. The molecular formula is C27H33BrN2O5S. The number of thiophene rings is 1. The van der Waals surface area contributed by atoms with Crippen molar-refractivity contribution in [3.05, 3.63) is 50.1 Å². The first-order valence-electron chi connectivity index (χ1n) is 11.9. The zero-order chi connectivity index (χ0) is 26.3. The van der Waals surface area contributed by atoms with Crippen molar-refractivity contribution in [2.75, 3.05) is 40.0 Å². The molecule has 194 valence electrons. The number of ether oxygens (including phenoxy) is 2. The van der Waals surface area contributed by atoms with E-state index in [0.717, 1.165) is 10.4 Å². The highest BCUT2D eigenvalue weighted by molar-refractivity contribution is 9.10. The fraction of sp³-hybridized carbons (Fsp3) is 0.481. The van der Waals surface area contributed by atoms with E-state index < -0.39 is 17.6 Å². The van der Waals surface area contributed by atoms with Crippen LogP contribution in [0.5, 0.6) is 5.75 Å². The predicted molar refractivity (Wildman–Crippen MR) is 144 cm³/mol. The molecule has 36 heavy (non-hydrogen) atoms. The summed E-state index contributed by atoms with van der Waals surface area (Å²) in [5.41, 5.74) is 1.21. The molecule has 0 radical (unpaired) electrons. The second kappa shape index (κ2) is 12.7. The molecule has 1 unspecified atom stereocenters. The van der Waals surface area contributed by atoms with Crippen LogP contribution >= 0.6 is 27.3 Å². The van der Waals surface area contributed by atoms with E-state index in [1.807, 2.05) is 49.3 Å². The van der Waals surface area contributed by atoms with Crippen LogP contribution in [0.15, 0.2) is 34.1 Å². The van der Waals surface area contributed by atoms with Gasteiger partial charge < -0.3 is 19.5 Å². The maximum atomic E-state index is 13.4. The molecule has 1 aliphatic rings. The molecular weight excluding hydrogens is 544 g/mol. The summed E-state index contributed by atoms with van der Waals surface area (Å²) in [5.74, 6) is 5.66. The molecule has 0 aliphatic carbocycles. The lowest BCUT2D eigenvalue weighted by Gasteiger charge is -2.40. The number of benzene rings is 1. The van der Waals surface area contributed by atoms with Gasteiger partial charge in [0.15, 0.2) is 0 Å². The van der Waals surface area contributed by atoms with E-state index in [0.29, 0.717) is 54.9 Å². The van der Waals surface area contributed by atoms with Crippen molar-refractivity contribution in [2.45, 2.75) is 45.2 Å². The Hall–Kier alpha value is -2.38. The topological polar surface area (TPSA) is 79.3 Å². The fourth-order valence-electron chi connectivity index (χ4n) is 4.30. The van der Waals surface area contributed by atoms with Crippen LogP contribution in [-0.2, 0) is 20.7 Å². The van der Waals surface area contributed by atoms with Gasteiger partial charge in [-0.15, -0.1) is 11.3 Å². The lowest BCUT2D eigenvalue weighted by atomic mass is 9.92. The Bertz CT molecular complexity index is 1120. The highest BCUT2D eigenvalue weighted by Gasteiger charge is 2.36. The molecule has 1 N–H and O–H groups in total. The Kier molecular flexibility index (Phi) is 9.97. The van der Waals surface area contributed by atoms with Crippen LogP contribution in [0.3, 0.4) is 0 Å². The first-order valence-corrected chi connectivity index (χ1v) is 13.5. The number of hydrogen-bond acceptors (Lipinski definition) is 6. The Morgan fingerprint density at radius 2 is 2.11 bits per heavy atom. The standard InChI is InChI=1S/C27H33BrN2O5S/c1-27(2,3)30(11-7-14-35-13-5-8-20-9-6-15-36-20)24(31)18-29-12-10-19-16-23(34-4)22(28)17-21(19)25(29)26(32)33/h6,9,15-17,25H,7,10-14,18H2,1-4H3,(H,32,33). The summed E-state index contributed by atoms with van der Waals surface area (Å²) in [4.78, 5) is 30.2. The normalized spacial score (nSPS) is 15.5. The summed E-state index contributed by atoms with van der Waals surface area (Å²) in [7, 11) is 1.58. The molecule has 1 aromatic carbocycles. The first-order chi connectivity index (χ1) is 17.1. The van der Waals surface area contributed by atoms with Crippen molar-refractivity contribution in [1.82, 2.24) is 9.80 Å². The number of amides is 1. The summed E-state index contributed by atoms with van der Waals surface area (Å²) in [6.07, 6.45) is 1.31. The number of hydrogen-bond donors (Lipinski definition) is 1. The molecule has 0 fully saturated rings. The summed E-state index contributed by atoms with van der Waals surface area (Å²) >= 11 is 5.06. The number of methoxy groups -OCH3 is 1. The third-order valence-electron chi connectivity index (χ3n) is 6.00. The Labute approximate surface area is 225 Å². The summed E-state index contributed by atoms with van der Waals surface area (Å²) in [5, 5.41) is 12.0. The molecule has 1 amide bonds. The number of carbonyl (C=O) groups excluding carboxylic acids is 1. The molecule has 3 rings (SSSR count). The lowest BCUT2D eigenvalue weighted by molar-refractivity contribution is -0.146. The monoisotopic (exact) mass is 576 g/mol. The van der Waals surface area contributed by atoms with E-state index in [1.165, 1.54) is 0 Å². The quantitative estimate of drug-likeness (QED) is 0.347. The van der Waals surface area contributed by atoms with Crippen LogP contribution in [0.25, 0.3) is 0 Å². The molecule has 0 saturated carbocycles. The Morgan fingerprint density at radius 1 is 1.33 bits per heavy atom. The second-order valence-electron chi connectivity index (χ2n) is 9.55. The van der Waals surface area contributed by atoms with Crippen molar-refractivity contribution < 1.29 is 24.2 Å². The number of halogens is 1. The van der Waals surface area contributed by atoms with Crippen LogP contribution in [0, 0.1) is 11.8 Å². The molecule has 2 heterocycles. The van der Waals surface area contributed by atoms with E-state index in [4.69, 9.17) is 9.47 Å². The first kappa shape index (κ1) is 28.2. The molecule has 1 atom stereocenters. The smallest absolute Gasteiger partial charge is 0.325 e. The van der Waals surface area contributed by atoms with Crippen LogP contribution in [0.2, 0.25) is 0 Å². The fourth-order valence-corrected chi connectivity index (χ4v) is 5.42. The van der Waals surface area contributed by atoms with E-state index in [-0.39, 0.29) is 12.5 Å². The number of carbonyl (C=O) groups is 2. The van der Waals surface area contributed by atoms with Gasteiger partial charge in [0.25, 0.3) is 0 Å². The molecule has 1 aromatic heterocycles. The number of rotatable bonds is 9. The Balaban J connectivity index is 1.61. The highest BCUT2D eigenvalue weighted by atomic mass is 79.9. The molecule has 7 nitrogen and oxygen atoms in total. The molecule has 0 bridgehead atoms. The van der Waals surface area contributed by atoms with E-state index in [9.17, 15) is 14.7 Å². The van der Waals surface area contributed by atoms with Crippen molar-refractivity contribution in [1.29, 1.82) is 0 Å². The maximum Gasteiger partial charge on any atom is 0.325 e. The predicted octanol–water partition coefficient (Wildman–Crippen LogP) is 4.59. The van der Waals surface area contributed by atoms with Gasteiger partial charge in [0.05, 0.1) is 23.0 Å². The van der Waals surface area contributed by atoms with Gasteiger partial charge in [-0.3, -0.25) is 14.5 Å². The van der Waals surface area contributed by atoms with E-state index in [2.05, 4.69) is 27.8 Å². The van der Waals surface area contributed by atoms with Gasteiger partial charge in [-0.2, -0.15) is 0 Å². The van der Waals surface area contributed by atoms with Crippen molar-refractivity contribution in [2.24, 2.45) is 0 Å². The number of carboxylic acids is 1. The SMILES string of the molecule is COc1cc2c(cc1Br)C(C(=O)O)N(CC(=O)N(CCCOCC#Cc1cccs1)C(C)(C)C)CC2. The summed E-state index contributed by atoms with van der Waals surface area (Å²) in [6, 6.07) is 6.71. The van der Waals surface area contributed by atoms with Crippen LogP contribution in [0.4, 0.5) is 0 Å². The third kappa shape index (κ3) is 7.32. The summed E-state index contributed by atoms with van der Waals surface area (Å²) < 4.78 is 11.7. The van der Waals surface area contributed by atoms with Gasteiger partial charge in [0.2, 0.25) is 5.91 Å². The van der Waals surface area contributed by atoms with Crippen molar-refractivity contribution in [3.8, 4) is 17.6 Å². The van der Waals surface area contributed by atoms with Gasteiger partial charge in [-0.25, -0.2) is 0 Å². The minimum atomic E-state index is -0.972. The maximum absolute atomic E-state index is 13.4. The minimum absolute atomic E-state index is 0.0322. The zero-order valence-corrected chi connectivity index (χ0v) is 23.6. The van der Waals surface area contributed by atoms with E-state index in [1.54, 1.807) is 29.4 Å². The largest absolute Gasteiger partial charge is 0.496 e. The molecule has 0 spiro atoms. The Morgan fingerprint density at radius 3 is 2.75 bits per heavy atom. The van der Waals surface area contributed by atoms with Crippen LogP contribution < -0.4 is 4.74 Å².